The topological polar surface area (TPSA) is 82.2 Å². The summed E-state index contributed by atoms with van der Waals surface area (Å²) >= 11 is 12.6. The molecule has 1 atom stereocenters. The zero-order valence-corrected chi connectivity index (χ0v) is 23.2. The van der Waals surface area contributed by atoms with Crippen LogP contribution in [0.25, 0.3) is 11.3 Å². The van der Waals surface area contributed by atoms with E-state index in [0.29, 0.717) is 39.3 Å². The van der Waals surface area contributed by atoms with Gasteiger partial charge in [0, 0.05) is 36.9 Å². The third kappa shape index (κ3) is 4.18. The van der Waals surface area contributed by atoms with Crippen molar-refractivity contribution in [2.45, 2.75) is 39.3 Å². The van der Waals surface area contributed by atoms with Crippen molar-refractivity contribution in [3.8, 4) is 17.1 Å². The molecule has 1 aromatic carbocycles. The third-order valence-corrected chi connectivity index (χ3v) is 7.18. The maximum Gasteiger partial charge on any atom is 0.274 e. The number of methoxy groups -OCH3 is 1. The summed E-state index contributed by atoms with van der Waals surface area (Å²) in [6, 6.07) is 10.0. The molecule has 0 saturated carbocycles. The Morgan fingerprint density at radius 1 is 1.05 bits per heavy atom. The minimum Gasteiger partial charge on any atom is -0.480 e. The Morgan fingerprint density at radius 2 is 1.76 bits per heavy atom. The molecule has 1 unspecified atom stereocenters. The smallest absolute Gasteiger partial charge is 0.274 e. The van der Waals surface area contributed by atoms with Crippen LogP contribution in [0.3, 0.4) is 0 Å². The van der Waals surface area contributed by atoms with E-state index in [0.717, 1.165) is 17.0 Å². The quantitative estimate of drug-likeness (QED) is 0.300. The molecule has 0 aliphatic carbocycles. The van der Waals surface area contributed by atoms with Gasteiger partial charge in [-0.2, -0.15) is 4.98 Å². The van der Waals surface area contributed by atoms with E-state index in [-0.39, 0.29) is 23.2 Å². The highest BCUT2D eigenvalue weighted by Crippen LogP contribution is 2.46. The molecule has 1 aliphatic heterocycles. The first-order valence-electron chi connectivity index (χ1n) is 12.3. The van der Waals surface area contributed by atoms with Crippen LogP contribution in [0.5, 0.6) is 5.88 Å². The van der Waals surface area contributed by atoms with Gasteiger partial charge in [0.2, 0.25) is 5.88 Å². The number of benzene rings is 1. The summed E-state index contributed by atoms with van der Waals surface area (Å²) in [6.07, 6.45) is 3.93. The number of carbonyl (C=O) groups is 1. The highest BCUT2D eigenvalue weighted by atomic mass is 35.5. The van der Waals surface area contributed by atoms with Gasteiger partial charge < -0.3 is 13.9 Å². The van der Waals surface area contributed by atoms with Crippen LogP contribution in [0, 0.1) is 0 Å². The molecule has 1 amide bonds. The number of pyridine rings is 1. The predicted molar refractivity (Wildman–Crippen MR) is 149 cm³/mol. The van der Waals surface area contributed by atoms with Crippen LogP contribution in [0.4, 0.5) is 5.69 Å². The van der Waals surface area contributed by atoms with Crippen molar-refractivity contribution in [3.05, 3.63) is 91.8 Å². The lowest BCUT2D eigenvalue weighted by atomic mass is 10.0. The molecule has 196 valence electrons. The molecule has 8 nitrogen and oxygen atoms in total. The van der Waals surface area contributed by atoms with Crippen LogP contribution >= 0.6 is 23.2 Å². The molecular weight excluding hydrogens is 525 g/mol. The molecule has 0 bridgehead atoms. The van der Waals surface area contributed by atoms with Gasteiger partial charge in [-0.25, -0.2) is 4.98 Å². The molecular formula is C28H27Cl2N5O3. The van der Waals surface area contributed by atoms with Gasteiger partial charge in [-0.15, -0.1) is 0 Å². The Bertz CT molecular complexity index is 1610. The largest absolute Gasteiger partial charge is 0.480 e. The van der Waals surface area contributed by atoms with E-state index in [4.69, 9.17) is 27.9 Å². The van der Waals surface area contributed by atoms with Crippen LogP contribution in [-0.2, 0) is 13.5 Å². The van der Waals surface area contributed by atoms with Crippen molar-refractivity contribution < 1.29 is 9.53 Å². The average molecular weight is 552 g/mol. The summed E-state index contributed by atoms with van der Waals surface area (Å²) in [5, 5.41) is 0.924. The van der Waals surface area contributed by atoms with Crippen molar-refractivity contribution >= 4 is 34.8 Å². The Morgan fingerprint density at radius 3 is 2.39 bits per heavy atom. The minimum atomic E-state index is -0.598. The molecule has 10 heteroatoms. The molecule has 3 aromatic heterocycles. The summed E-state index contributed by atoms with van der Waals surface area (Å²) in [5.41, 5.74) is 3.36. The second-order valence-electron chi connectivity index (χ2n) is 9.44. The van der Waals surface area contributed by atoms with E-state index in [9.17, 15) is 9.59 Å². The van der Waals surface area contributed by atoms with E-state index in [1.807, 2.05) is 39.0 Å². The van der Waals surface area contributed by atoms with Gasteiger partial charge >= 0.3 is 0 Å². The first kappa shape index (κ1) is 26.0. The summed E-state index contributed by atoms with van der Waals surface area (Å²) in [5.74, 6) is 0.801. The van der Waals surface area contributed by atoms with Crippen LogP contribution < -0.4 is 15.2 Å². The highest BCUT2D eigenvalue weighted by molar-refractivity contribution is 6.31. The van der Waals surface area contributed by atoms with Crippen LogP contribution in [0.2, 0.25) is 10.0 Å². The number of ether oxygens (including phenoxy) is 1. The van der Waals surface area contributed by atoms with Gasteiger partial charge in [-0.3, -0.25) is 14.5 Å². The van der Waals surface area contributed by atoms with Gasteiger partial charge in [0.15, 0.2) is 0 Å². The standard InChI is InChI=1S/C28H27Cl2N5O3/c1-6-23-31-13-20(26(32-23)38-5)21-12-19-25(34(21)15(2)3)24(16-7-9-17(29)10-8-16)35(27(19)36)22-11-18(30)14-33(4)28(22)37/h7-15,24H,6H2,1-5H3. The second kappa shape index (κ2) is 9.93. The molecule has 4 aromatic rings. The molecule has 0 spiro atoms. The number of anilines is 1. The van der Waals surface area contributed by atoms with E-state index in [1.54, 1.807) is 32.5 Å². The maximum absolute atomic E-state index is 14.1. The summed E-state index contributed by atoms with van der Waals surface area (Å²) in [4.78, 5) is 38.0. The van der Waals surface area contributed by atoms with Gasteiger partial charge in [0.25, 0.3) is 11.5 Å². The Labute approximate surface area is 230 Å². The molecule has 4 heterocycles. The lowest BCUT2D eigenvalue weighted by Crippen LogP contribution is -2.35. The second-order valence-corrected chi connectivity index (χ2v) is 10.3. The summed E-state index contributed by atoms with van der Waals surface area (Å²) < 4.78 is 9.10. The lowest BCUT2D eigenvalue weighted by Gasteiger charge is -2.29. The van der Waals surface area contributed by atoms with Crippen molar-refractivity contribution in [1.29, 1.82) is 0 Å². The Hall–Kier alpha value is -3.62. The van der Waals surface area contributed by atoms with Crippen molar-refractivity contribution in [2.75, 3.05) is 12.0 Å². The SMILES string of the molecule is CCc1ncc(-c2cc3c(n2C(C)C)C(c2ccc(Cl)cc2)N(c2cc(Cl)cn(C)c2=O)C3=O)c(OC)n1. The number of halogens is 2. The minimum absolute atomic E-state index is 0.0472. The van der Waals surface area contributed by atoms with E-state index >= 15 is 0 Å². The molecule has 0 saturated heterocycles. The lowest BCUT2D eigenvalue weighted by molar-refractivity contribution is 0.0993. The highest BCUT2D eigenvalue weighted by Gasteiger charge is 2.44. The predicted octanol–water partition coefficient (Wildman–Crippen LogP) is 5.85. The van der Waals surface area contributed by atoms with Crippen LogP contribution in [0.15, 0.2) is 53.6 Å². The summed E-state index contributed by atoms with van der Waals surface area (Å²) in [7, 11) is 3.18. The monoisotopic (exact) mass is 551 g/mol. The zero-order chi connectivity index (χ0) is 27.3. The first-order valence-corrected chi connectivity index (χ1v) is 13.0. The van der Waals surface area contributed by atoms with Gasteiger partial charge in [0.1, 0.15) is 17.6 Å². The molecule has 0 radical (unpaired) electrons. The number of nitrogens with zero attached hydrogens (tertiary/aromatic N) is 5. The Balaban J connectivity index is 1.81. The van der Waals surface area contributed by atoms with Crippen molar-refractivity contribution in [2.24, 2.45) is 7.05 Å². The fraction of sp³-hybridized carbons (Fsp3) is 0.286. The normalized spacial score (nSPS) is 14.9. The summed E-state index contributed by atoms with van der Waals surface area (Å²) in [6.45, 7) is 6.06. The van der Waals surface area contributed by atoms with E-state index in [1.165, 1.54) is 21.7 Å². The van der Waals surface area contributed by atoms with Gasteiger partial charge in [-0.05, 0) is 43.7 Å². The van der Waals surface area contributed by atoms with Crippen LogP contribution in [-0.4, -0.2) is 32.1 Å². The third-order valence-electron chi connectivity index (χ3n) is 6.72. The number of hydrogen-bond acceptors (Lipinski definition) is 5. The van der Waals surface area contributed by atoms with Gasteiger partial charge in [0.05, 0.1) is 34.6 Å². The van der Waals surface area contributed by atoms with Crippen molar-refractivity contribution in [1.82, 2.24) is 19.1 Å². The van der Waals surface area contributed by atoms with Crippen LogP contribution in [0.1, 0.15) is 60.3 Å². The molecule has 0 fully saturated rings. The Kier molecular flexibility index (Phi) is 6.79. The molecule has 5 rings (SSSR count). The number of fused-ring (bicyclic) bond motifs is 1. The number of aromatic nitrogens is 4. The first-order chi connectivity index (χ1) is 18.2. The number of aryl methyl sites for hydroxylation is 2. The number of amides is 1. The van der Waals surface area contributed by atoms with E-state index in [2.05, 4.69) is 14.5 Å². The molecule has 38 heavy (non-hydrogen) atoms. The number of carbonyl (C=O) groups excluding carboxylic acids is 1. The van der Waals surface area contributed by atoms with E-state index < -0.39 is 6.04 Å². The fourth-order valence-corrected chi connectivity index (χ4v) is 5.43. The molecule has 1 aliphatic rings. The fourth-order valence-electron chi connectivity index (χ4n) is 5.05. The maximum atomic E-state index is 14.1. The van der Waals surface area contributed by atoms with Gasteiger partial charge in [-0.1, -0.05) is 42.3 Å². The molecule has 0 N–H and O–H groups in total. The number of rotatable bonds is 6. The average Bonchev–Trinajstić information content (AvgIpc) is 3.41. The number of hydrogen-bond donors (Lipinski definition) is 0. The zero-order valence-electron chi connectivity index (χ0n) is 21.7. The van der Waals surface area contributed by atoms with Crippen molar-refractivity contribution in [3.63, 3.8) is 0 Å².